The van der Waals surface area contributed by atoms with Crippen molar-refractivity contribution in [2.75, 3.05) is 5.32 Å². The fourth-order valence-electron chi connectivity index (χ4n) is 2.23. The standard InChI is InChI=1S/C15H14BrClN2/c16-15-13(2-1-9-18-15)19-14(10-3-4-10)11-5-7-12(17)8-6-11/h1-2,5-10,14,19H,3-4H2. The van der Waals surface area contributed by atoms with E-state index < -0.39 is 0 Å². The molecular weight excluding hydrogens is 324 g/mol. The Morgan fingerprint density at radius 3 is 2.58 bits per heavy atom. The van der Waals surface area contributed by atoms with E-state index in [0.717, 1.165) is 15.3 Å². The predicted octanol–water partition coefficient (Wildman–Crippen LogP) is 5.06. The third kappa shape index (κ3) is 3.10. The summed E-state index contributed by atoms with van der Waals surface area (Å²) in [6.07, 6.45) is 4.33. The quantitative estimate of drug-likeness (QED) is 0.789. The van der Waals surface area contributed by atoms with Gasteiger partial charge in [-0.2, -0.15) is 0 Å². The third-order valence-electron chi connectivity index (χ3n) is 3.39. The smallest absolute Gasteiger partial charge is 0.129 e. The summed E-state index contributed by atoms with van der Waals surface area (Å²) in [5.74, 6) is 0.702. The van der Waals surface area contributed by atoms with Gasteiger partial charge in [0.15, 0.2) is 0 Å². The highest BCUT2D eigenvalue weighted by Crippen LogP contribution is 2.43. The van der Waals surface area contributed by atoms with Crippen molar-refractivity contribution in [2.45, 2.75) is 18.9 Å². The molecule has 0 aliphatic heterocycles. The lowest BCUT2D eigenvalue weighted by Crippen LogP contribution is -2.13. The molecule has 1 heterocycles. The van der Waals surface area contributed by atoms with Crippen LogP contribution in [0.2, 0.25) is 5.02 Å². The number of hydrogen-bond acceptors (Lipinski definition) is 2. The van der Waals surface area contributed by atoms with Gasteiger partial charge in [0.25, 0.3) is 0 Å². The number of nitrogens with zero attached hydrogens (tertiary/aromatic N) is 1. The molecule has 1 aromatic carbocycles. The summed E-state index contributed by atoms with van der Waals surface area (Å²) in [5, 5.41) is 4.37. The summed E-state index contributed by atoms with van der Waals surface area (Å²) < 4.78 is 0.856. The molecule has 19 heavy (non-hydrogen) atoms. The molecule has 1 aliphatic rings. The molecule has 1 aromatic heterocycles. The third-order valence-corrected chi connectivity index (χ3v) is 4.28. The molecule has 3 rings (SSSR count). The molecule has 1 atom stereocenters. The first-order valence-electron chi connectivity index (χ1n) is 6.36. The predicted molar refractivity (Wildman–Crippen MR) is 82.5 cm³/mol. The Hall–Kier alpha value is -1.06. The van der Waals surface area contributed by atoms with Gasteiger partial charge in [0.05, 0.1) is 11.7 Å². The minimum absolute atomic E-state index is 0.331. The van der Waals surface area contributed by atoms with Crippen LogP contribution in [0.25, 0.3) is 0 Å². The zero-order valence-corrected chi connectivity index (χ0v) is 12.7. The van der Waals surface area contributed by atoms with Crippen molar-refractivity contribution in [3.05, 3.63) is 57.8 Å². The second-order valence-electron chi connectivity index (χ2n) is 4.85. The minimum atomic E-state index is 0.331. The van der Waals surface area contributed by atoms with Crippen LogP contribution in [0.1, 0.15) is 24.4 Å². The van der Waals surface area contributed by atoms with Gasteiger partial charge < -0.3 is 5.32 Å². The van der Waals surface area contributed by atoms with E-state index in [9.17, 15) is 0 Å². The van der Waals surface area contributed by atoms with Crippen molar-refractivity contribution in [1.82, 2.24) is 4.98 Å². The highest BCUT2D eigenvalue weighted by atomic mass is 79.9. The van der Waals surface area contributed by atoms with Crippen molar-refractivity contribution in [2.24, 2.45) is 5.92 Å². The SMILES string of the molecule is Clc1ccc(C(Nc2cccnc2Br)C2CC2)cc1. The van der Waals surface area contributed by atoms with Gasteiger partial charge in [-0.1, -0.05) is 23.7 Å². The van der Waals surface area contributed by atoms with Crippen molar-refractivity contribution < 1.29 is 0 Å². The highest BCUT2D eigenvalue weighted by Gasteiger charge is 2.32. The van der Waals surface area contributed by atoms with Crippen LogP contribution in [0.15, 0.2) is 47.2 Å². The van der Waals surface area contributed by atoms with Crippen molar-refractivity contribution in [3.63, 3.8) is 0 Å². The number of halogens is 2. The number of hydrogen-bond donors (Lipinski definition) is 1. The first-order valence-corrected chi connectivity index (χ1v) is 7.53. The molecule has 4 heteroatoms. The number of aromatic nitrogens is 1. The van der Waals surface area contributed by atoms with Crippen LogP contribution < -0.4 is 5.32 Å². The summed E-state index contributed by atoms with van der Waals surface area (Å²) in [7, 11) is 0. The summed E-state index contributed by atoms with van der Waals surface area (Å²) in [6, 6.07) is 12.4. The second-order valence-corrected chi connectivity index (χ2v) is 6.04. The molecule has 1 unspecified atom stereocenters. The van der Waals surface area contributed by atoms with Crippen molar-refractivity contribution in [1.29, 1.82) is 0 Å². The minimum Gasteiger partial charge on any atom is -0.376 e. The summed E-state index contributed by atoms with van der Waals surface area (Å²) in [6.45, 7) is 0. The van der Waals surface area contributed by atoms with E-state index in [-0.39, 0.29) is 0 Å². The Morgan fingerprint density at radius 2 is 1.95 bits per heavy atom. The molecule has 1 saturated carbocycles. The molecular formula is C15H14BrClN2. The van der Waals surface area contributed by atoms with Gasteiger partial charge in [0, 0.05) is 11.2 Å². The van der Waals surface area contributed by atoms with Crippen molar-refractivity contribution in [3.8, 4) is 0 Å². The molecule has 2 aromatic rings. The summed E-state index contributed by atoms with van der Waals surface area (Å²) >= 11 is 9.44. The Morgan fingerprint density at radius 1 is 1.21 bits per heavy atom. The lowest BCUT2D eigenvalue weighted by molar-refractivity contribution is 0.678. The average molecular weight is 338 g/mol. The molecule has 0 bridgehead atoms. The number of nitrogens with one attached hydrogen (secondary N) is 1. The van der Waals surface area contributed by atoms with E-state index >= 15 is 0 Å². The molecule has 0 radical (unpaired) electrons. The maximum absolute atomic E-state index is 5.96. The zero-order valence-electron chi connectivity index (χ0n) is 10.3. The van der Waals surface area contributed by atoms with Crippen LogP contribution in [0.5, 0.6) is 0 Å². The fourth-order valence-corrected chi connectivity index (χ4v) is 2.73. The largest absolute Gasteiger partial charge is 0.376 e. The van der Waals surface area contributed by atoms with E-state index in [2.05, 4.69) is 38.4 Å². The Balaban J connectivity index is 1.86. The monoisotopic (exact) mass is 336 g/mol. The van der Waals surface area contributed by atoms with Crippen LogP contribution in [-0.2, 0) is 0 Å². The van der Waals surface area contributed by atoms with Crippen molar-refractivity contribution >= 4 is 33.2 Å². The van der Waals surface area contributed by atoms with Gasteiger partial charge in [-0.15, -0.1) is 0 Å². The fraction of sp³-hybridized carbons (Fsp3) is 0.267. The molecule has 0 amide bonds. The van der Waals surface area contributed by atoms with E-state index in [0.29, 0.717) is 12.0 Å². The van der Waals surface area contributed by atoms with E-state index in [1.807, 2.05) is 24.3 Å². The number of pyridine rings is 1. The van der Waals surface area contributed by atoms with Gasteiger partial charge in [0.1, 0.15) is 4.60 Å². The second kappa shape index (κ2) is 5.51. The first-order chi connectivity index (χ1) is 9.24. The lowest BCUT2D eigenvalue weighted by atomic mass is 10.0. The first kappa shape index (κ1) is 12.9. The molecule has 1 N–H and O–H groups in total. The summed E-state index contributed by atoms with van der Waals surface area (Å²) in [5.41, 5.74) is 2.32. The van der Waals surface area contributed by atoms with E-state index in [4.69, 9.17) is 11.6 Å². The van der Waals surface area contributed by atoms with Crippen LogP contribution >= 0.6 is 27.5 Å². The van der Waals surface area contributed by atoms with Gasteiger partial charge in [-0.25, -0.2) is 4.98 Å². The maximum Gasteiger partial charge on any atom is 0.129 e. The highest BCUT2D eigenvalue weighted by molar-refractivity contribution is 9.10. The maximum atomic E-state index is 5.96. The normalized spacial score (nSPS) is 16.1. The molecule has 98 valence electrons. The van der Waals surface area contributed by atoms with Gasteiger partial charge in [-0.05, 0) is 64.5 Å². The summed E-state index contributed by atoms with van der Waals surface area (Å²) in [4.78, 5) is 4.25. The van der Waals surface area contributed by atoms with Gasteiger partial charge >= 0.3 is 0 Å². The van der Waals surface area contributed by atoms with E-state index in [1.165, 1.54) is 18.4 Å². The topological polar surface area (TPSA) is 24.9 Å². The zero-order chi connectivity index (χ0) is 13.2. The van der Waals surface area contributed by atoms with Crippen LogP contribution in [0.4, 0.5) is 5.69 Å². The van der Waals surface area contributed by atoms with E-state index in [1.54, 1.807) is 6.20 Å². The van der Waals surface area contributed by atoms with Crippen LogP contribution in [0.3, 0.4) is 0 Å². The Bertz CT molecular complexity index is 567. The number of rotatable bonds is 4. The van der Waals surface area contributed by atoms with Crippen LogP contribution in [-0.4, -0.2) is 4.98 Å². The lowest BCUT2D eigenvalue weighted by Gasteiger charge is -2.20. The molecule has 1 aliphatic carbocycles. The molecule has 1 fully saturated rings. The van der Waals surface area contributed by atoms with Gasteiger partial charge in [0.2, 0.25) is 0 Å². The Labute approximate surface area is 126 Å². The number of anilines is 1. The van der Waals surface area contributed by atoms with Gasteiger partial charge in [-0.3, -0.25) is 0 Å². The molecule has 0 saturated heterocycles. The molecule has 2 nitrogen and oxygen atoms in total. The van der Waals surface area contributed by atoms with Crippen LogP contribution in [0, 0.1) is 5.92 Å². The number of benzene rings is 1. The average Bonchev–Trinajstić information content (AvgIpc) is 3.24. The Kier molecular flexibility index (Phi) is 3.76. The molecule has 0 spiro atoms.